The van der Waals surface area contributed by atoms with Crippen molar-refractivity contribution in [2.75, 3.05) is 26.4 Å². The first kappa shape index (κ1) is 14.3. The molecule has 0 saturated carbocycles. The van der Waals surface area contributed by atoms with E-state index in [1.54, 1.807) is 0 Å². The number of hydrogen-bond donors (Lipinski definition) is 1. The standard InChI is InChI=1S/C12H23NO4/c1-12(2,3)17-11(14)13-6-4-5-7-15-8-10-9-16-10/h10H,4-9H2,1-3H3,(H,13,14). The Balaban J connectivity index is 1.84. The third-order valence-corrected chi connectivity index (χ3v) is 2.09. The van der Waals surface area contributed by atoms with Crippen molar-refractivity contribution < 1.29 is 19.0 Å². The quantitative estimate of drug-likeness (QED) is 0.548. The maximum atomic E-state index is 11.3. The Morgan fingerprint density at radius 1 is 1.41 bits per heavy atom. The van der Waals surface area contributed by atoms with E-state index in [4.69, 9.17) is 14.2 Å². The second-order valence-corrected chi connectivity index (χ2v) is 5.17. The molecule has 1 amide bonds. The molecular formula is C12H23NO4. The molecule has 0 aromatic carbocycles. The van der Waals surface area contributed by atoms with Crippen molar-refractivity contribution in [1.82, 2.24) is 5.32 Å². The number of nitrogens with one attached hydrogen (secondary N) is 1. The third-order valence-electron chi connectivity index (χ3n) is 2.09. The average molecular weight is 245 g/mol. The van der Waals surface area contributed by atoms with E-state index in [2.05, 4.69) is 5.32 Å². The van der Waals surface area contributed by atoms with Gasteiger partial charge in [0, 0.05) is 13.2 Å². The topological polar surface area (TPSA) is 60.1 Å². The van der Waals surface area contributed by atoms with Gasteiger partial charge in [-0.2, -0.15) is 0 Å². The van der Waals surface area contributed by atoms with E-state index in [-0.39, 0.29) is 6.09 Å². The molecular weight excluding hydrogens is 222 g/mol. The van der Waals surface area contributed by atoms with Crippen LogP contribution in [0.5, 0.6) is 0 Å². The fourth-order valence-corrected chi connectivity index (χ4v) is 1.21. The Bertz CT molecular complexity index is 233. The highest BCUT2D eigenvalue weighted by atomic mass is 16.6. The molecule has 0 bridgehead atoms. The third kappa shape index (κ3) is 8.94. The van der Waals surface area contributed by atoms with Gasteiger partial charge >= 0.3 is 6.09 Å². The fourth-order valence-electron chi connectivity index (χ4n) is 1.21. The molecule has 1 saturated heterocycles. The Morgan fingerprint density at radius 2 is 2.12 bits per heavy atom. The SMILES string of the molecule is CC(C)(C)OC(=O)NCCCCOCC1CO1. The molecule has 5 nitrogen and oxygen atoms in total. The van der Waals surface area contributed by atoms with Crippen LogP contribution in [-0.2, 0) is 14.2 Å². The smallest absolute Gasteiger partial charge is 0.407 e. The van der Waals surface area contributed by atoms with Crippen molar-refractivity contribution in [3.05, 3.63) is 0 Å². The molecule has 1 aliphatic rings. The molecule has 17 heavy (non-hydrogen) atoms. The Kier molecular flexibility index (Phi) is 5.71. The number of ether oxygens (including phenoxy) is 3. The summed E-state index contributed by atoms with van der Waals surface area (Å²) in [7, 11) is 0. The first-order valence-electron chi connectivity index (χ1n) is 6.13. The number of unbranched alkanes of at least 4 members (excludes halogenated alkanes) is 1. The Morgan fingerprint density at radius 3 is 2.71 bits per heavy atom. The van der Waals surface area contributed by atoms with Gasteiger partial charge < -0.3 is 19.5 Å². The van der Waals surface area contributed by atoms with Crippen molar-refractivity contribution >= 4 is 6.09 Å². The zero-order valence-electron chi connectivity index (χ0n) is 11.0. The van der Waals surface area contributed by atoms with Crippen LogP contribution < -0.4 is 5.32 Å². The van der Waals surface area contributed by atoms with E-state index in [0.717, 1.165) is 26.1 Å². The molecule has 5 heteroatoms. The molecule has 1 fully saturated rings. The van der Waals surface area contributed by atoms with Gasteiger partial charge in [-0.1, -0.05) is 0 Å². The van der Waals surface area contributed by atoms with Crippen LogP contribution in [0, 0.1) is 0 Å². The lowest BCUT2D eigenvalue weighted by molar-refractivity contribution is 0.0524. The van der Waals surface area contributed by atoms with E-state index in [1.165, 1.54) is 0 Å². The monoisotopic (exact) mass is 245 g/mol. The number of carbonyl (C=O) groups excluding carboxylic acids is 1. The van der Waals surface area contributed by atoms with Crippen LogP contribution in [0.25, 0.3) is 0 Å². The van der Waals surface area contributed by atoms with Crippen LogP contribution >= 0.6 is 0 Å². The van der Waals surface area contributed by atoms with E-state index in [1.807, 2.05) is 20.8 Å². The molecule has 1 atom stereocenters. The highest BCUT2D eigenvalue weighted by Gasteiger charge is 2.21. The average Bonchev–Trinajstić information content (AvgIpc) is 2.97. The zero-order chi connectivity index (χ0) is 12.7. The molecule has 1 heterocycles. The van der Waals surface area contributed by atoms with Crippen molar-refractivity contribution in [3.63, 3.8) is 0 Å². The van der Waals surface area contributed by atoms with Gasteiger partial charge in [0.25, 0.3) is 0 Å². The second kappa shape index (κ2) is 6.81. The molecule has 1 rings (SSSR count). The summed E-state index contributed by atoms with van der Waals surface area (Å²) in [4.78, 5) is 11.3. The van der Waals surface area contributed by atoms with Crippen LogP contribution in [-0.4, -0.2) is 44.2 Å². The highest BCUT2D eigenvalue weighted by molar-refractivity contribution is 5.67. The largest absolute Gasteiger partial charge is 0.444 e. The Labute approximate surface area is 103 Å². The van der Waals surface area contributed by atoms with E-state index in [9.17, 15) is 4.79 Å². The number of carbonyl (C=O) groups is 1. The van der Waals surface area contributed by atoms with Crippen molar-refractivity contribution in [2.24, 2.45) is 0 Å². The van der Waals surface area contributed by atoms with E-state index >= 15 is 0 Å². The maximum absolute atomic E-state index is 11.3. The van der Waals surface area contributed by atoms with Crippen LogP contribution in [0.2, 0.25) is 0 Å². The predicted octanol–water partition coefficient (Wildman–Crippen LogP) is 1.71. The van der Waals surface area contributed by atoms with Crippen LogP contribution in [0.4, 0.5) is 4.79 Å². The summed E-state index contributed by atoms with van der Waals surface area (Å²) in [5.41, 5.74) is -0.433. The van der Waals surface area contributed by atoms with E-state index in [0.29, 0.717) is 19.3 Å². The molecule has 1 N–H and O–H groups in total. The normalized spacial score (nSPS) is 18.9. The summed E-state index contributed by atoms with van der Waals surface area (Å²) in [6, 6.07) is 0. The first-order chi connectivity index (χ1) is 7.97. The number of alkyl carbamates (subject to hydrolysis) is 1. The maximum Gasteiger partial charge on any atom is 0.407 e. The van der Waals surface area contributed by atoms with Gasteiger partial charge in [-0.15, -0.1) is 0 Å². The van der Waals surface area contributed by atoms with Crippen LogP contribution in [0.15, 0.2) is 0 Å². The molecule has 0 spiro atoms. The van der Waals surface area contributed by atoms with E-state index < -0.39 is 5.60 Å². The molecule has 0 aromatic rings. The summed E-state index contributed by atoms with van der Waals surface area (Å²) >= 11 is 0. The van der Waals surface area contributed by atoms with Gasteiger partial charge in [0.15, 0.2) is 0 Å². The molecule has 1 unspecified atom stereocenters. The number of epoxide rings is 1. The highest BCUT2D eigenvalue weighted by Crippen LogP contribution is 2.08. The van der Waals surface area contributed by atoms with Gasteiger partial charge in [-0.25, -0.2) is 4.79 Å². The minimum absolute atomic E-state index is 0.329. The summed E-state index contributed by atoms with van der Waals surface area (Å²) in [5.74, 6) is 0. The predicted molar refractivity (Wildman–Crippen MR) is 64.0 cm³/mol. The lowest BCUT2D eigenvalue weighted by Crippen LogP contribution is -2.33. The fraction of sp³-hybridized carbons (Fsp3) is 0.917. The molecule has 100 valence electrons. The number of hydrogen-bond acceptors (Lipinski definition) is 4. The van der Waals surface area contributed by atoms with Gasteiger partial charge in [0.1, 0.15) is 11.7 Å². The molecule has 0 aliphatic carbocycles. The molecule has 0 aromatic heterocycles. The van der Waals surface area contributed by atoms with Crippen LogP contribution in [0.3, 0.4) is 0 Å². The minimum atomic E-state index is -0.433. The van der Waals surface area contributed by atoms with Gasteiger partial charge in [-0.05, 0) is 33.6 Å². The summed E-state index contributed by atoms with van der Waals surface area (Å²) in [6.45, 7) is 8.41. The van der Waals surface area contributed by atoms with Gasteiger partial charge in [-0.3, -0.25) is 0 Å². The van der Waals surface area contributed by atoms with Gasteiger partial charge in [0.2, 0.25) is 0 Å². The first-order valence-corrected chi connectivity index (χ1v) is 6.13. The van der Waals surface area contributed by atoms with Crippen molar-refractivity contribution in [3.8, 4) is 0 Å². The number of rotatable bonds is 7. The second-order valence-electron chi connectivity index (χ2n) is 5.17. The minimum Gasteiger partial charge on any atom is -0.444 e. The summed E-state index contributed by atoms with van der Waals surface area (Å²) in [5, 5.41) is 2.71. The Hall–Kier alpha value is -0.810. The van der Waals surface area contributed by atoms with Crippen molar-refractivity contribution in [1.29, 1.82) is 0 Å². The van der Waals surface area contributed by atoms with Crippen LogP contribution in [0.1, 0.15) is 33.6 Å². The molecule has 0 radical (unpaired) electrons. The van der Waals surface area contributed by atoms with Crippen molar-refractivity contribution in [2.45, 2.75) is 45.3 Å². The summed E-state index contributed by atoms with van der Waals surface area (Å²) in [6.07, 6.45) is 1.80. The lowest BCUT2D eigenvalue weighted by atomic mass is 10.2. The number of amides is 1. The zero-order valence-corrected chi connectivity index (χ0v) is 11.0. The lowest BCUT2D eigenvalue weighted by Gasteiger charge is -2.19. The molecule has 1 aliphatic heterocycles. The van der Waals surface area contributed by atoms with Gasteiger partial charge in [0.05, 0.1) is 13.2 Å². The summed E-state index contributed by atoms with van der Waals surface area (Å²) < 4.78 is 15.5.